The molecule has 0 spiro atoms. The summed E-state index contributed by atoms with van der Waals surface area (Å²) in [6, 6.07) is 7.25. The highest BCUT2D eigenvalue weighted by atomic mass is 16.5. The second-order valence-corrected chi connectivity index (χ2v) is 5.24. The molecule has 22 heavy (non-hydrogen) atoms. The van der Waals surface area contributed by atoms with Crippen LogP contribution < -0.4 is 10.6 Å². The largest absolute Gasteiger partial charge is 0.376 e. The van der Waals surface area contributed by atoms with Crippen molar-refractivity contribution in [2.75, 3.05) is 25.6 Å². The molecule has 0 aliphatic carbocycles. The van der Waals surface area contributed by atoms with Crippen LogP contribution in [0.3, 0.4) is 0 Å². The summed E-state index contributed by atoms with van der Waals surface area (Å²) < 4.78 is 11.3. The molecule has 1 fully saturated rings. The van der Waals surface area contributed by atoms with Crippen molar-refractivity contribution in [3.05, 3.63) is 29.8 Å². The Morgan fingerprint density at radius 1 is 1.32 bits per heavy atom. The van der Waals surface area contributed by atoms with Gasteiger partial charge in [-0.2, -0.15) is 0 Å². The number of ether oxygens (including phenoxy) is 2. The van der Waals surface area contributed by atoms with E-state index in [0.29, 0.717) is 18.9 Å². The summed E-state index contributed by atoms with van der Waals surface area (Å²) >= 11 is 0. The van der Waals surface area contributed by atoms with E-state index >= 15 is 0 Å². The average molecular weight is 306 g/mol. The van der Waals surface area contributed by atoms with Crippen LogP contribution in [0.25, 0.3) is 0 Å². The van der Waals surface area contributed by atoms with E-state index in [1.807, 2.05) is 12.1 Å². The summed E-state index contributed by atoms with van der Waals surface area (Å²) in [6.07, 6.45) is 3.55. The summed E-state index contributed by atoms with van der Waals surface area (Å²) in [5.41, 5.74) is 1.51. The first-order valence-corrected chi connectivity index (χ1v) is 7.50. The molecule has 0 aromatic heterocycles. The van der Waals surface area contributed by atoms with Crippen LogP contribution in [0.4, 0.5) is 5.69 Å². The van der Waals surface area contributed by atoms with E-state index in [1.165, 1.54) is 13.5 Å². The van der Waals surface area contributed by atoms with Gasteiger partial charge in [-0.05, 0) is 37.0 Å². The van der Waals surface area contributed by atoms with Gasteiger partial charge in [-0.1, -0.05) is 12.1 Å². The SMILES string of the molecule is CNC(=O)C(=O)Nc1cccc(COC[C@@H]2CCCCO2)c1. The molecule has 0 unspecified atom stereocenters. The van der Waals surface area contributed by atoms with Crippen LogP contribution >= 0.6 is 0 Å². The molecular formula is C16H22N2O4. The predicted molar refractivity (Wildman–Crippen MR) is 82.4 cm³/mol. The Bertz CT molecular complexity index is 513. The lowest BCUT2D eigenvalue weighted by Crippen LogP contribution is -2.32. The normalized spacial score (nSPS) is 17.8. The number of carbonyl (C=O) groups excluding carboxylic acids is 2. The van der Waals surface area contributed by atoms with E-state index in [1.54, 1.807) is 12.1 Å². The van der Waals surface area contributed by atoms with E-state index in [-0.39, 0.29) is 6.10 Å². The van der Waals surface area contributed by atoms with Crippen molar-refractivity contribution in [3.8, 4) is 0 Å². The number of hydrogen-bond acceptors (Lipinski definition) is 4. The molecule has 1 heterocycles. The smallest absolute Gasteiger partial charge is 0.313 e. The molecule has 6 heteroatoms. The van der Waals surface area contributed by atoms with Gasteiger partial charge in [0.05, 0.1) is 19.3 Å². The van der Waals surface area contributed by atoms with E-state index in [0.717, 1.165) is 25.0 Å². The van der Waals surface area contributed by atoms with Crippen LogP contribution in [0, 0.1) is 0 Å². The summed E-state index contributed by atoms with van der Waals surface area (Å²) in [4.78, 5) is 22.7. The van der Waals surface area contributed by atoms with Gasteiger partial charge in [-0.15, -0.1) is 0 Å². The minimum atomic E-state index is -0.684. The number of rotatable bonds is 5. The zero-order chi connectivity index (χ0) is 15.8. The predicted octanol–water partition coefficient (Wildman–Crippen LogP) is 1.46. The Morgan fingerprint density at radius 3 is 2.91 bits per heavy atom. The van der Waals surface area contributed by atoms with E-state index in [2.05, 4.69) is 10.6 Å². The van der Waals surface area contributed by atoms with Crippen molar-refractivity contribution < 1.29 is 19.1 Å². The fourth-order valence-electron chi connectivity index (χ4n) is 2.29. The molecule has 6 nitrogen and oxygen atoms in total. The number of carbonyl (C=O) groups is 2. The minimum absolute atomic E-state index is 0.185. The third kappa shape index (κ3) is 5.13. The van der Waals surface area contributed by atoms with Crippen molar-refractivity contribution in [2.45, 2.75) is 32.0 Å². The fourth-order valence-corrected chi connectivity index (χ4v) is 2.29. The molecule has 1 aliphatic rings. The van der Waals surface area contributed by atoms with Gasteiger partial charge in [0.1, 0.15) is 0 Å². The summed E-state index contributed by atoms with van der Waals surface area (Å²) in [7, 11) is 1.42. The monoisotopic (exact) mass is 306 g/mol. The highest BCUT2D eigenvalue weighted by molar-refractivity contribution is 6.39. The number of nitrogens with one attached hydrogen (secondary N) is 2. The van der Waals surface area contributed by atoms with E-state index in [9.17, 15) is 9.59 Å². The molecule has 1 saturated heterocycles. The molecule has 0 bridgehead atoms. The number of anilines is 1. The van der Waals surface area contributed by atoms with Crippen LogP contribution in [-0.4, -0.2) is 38.2 Å². The van der Waals surface area contributed by atoms with Gasteiger partial charge in [0.2, 0.25) is 0 Å². The minimum Gasteiger partial charge on any atom is -0.376 e. The van der Waals surface area contributed by atoms with Crippen LogP contribution in [0.15, 0.2) is 24.3 Å². The maximum Gasteiger partial charge on any atom is 0.313 e. The highest BCUT2D eigenvalue weighted by Crippen LogP contribution is 2.15. The summed E-state index contributed by atoms with van der Waals surface area (Å²) in [5, 5.41) is 4.82. The number of amides is 2. The van der Waals surface area contributed by atoms with Crippen molar-refractivity contribution in [1.29, 1.82) is 0 Å². The molecule has 2 N–H and O–H groups in total. The van der Waals surface area contributed by atoms with Crippen LogP contribution in [-0.2, 0) is 25.7 Å². The number of hydrogen-bond donors (Lipinski definition) is 2. The zero-order valence-electron chi connectivity index (χ0n) is 12.8. The summed E-state index contributed by atoms with van der Waals surface area (Å²) in [5.74, 6) is -1.35. The van der Waals surface area contributed by atoms with E-state index < -0.39 is 11.8 Å². The van der Waals surface area contributed by atoms with Gasteiger partial charge in [-0.25, -0.2) is 0 Å². The van der Waals surface area contributed by atoms with Crippen molar-refractivity contribution >= 4 is 17.5 Å². The lowest BCUT2D eigenvalue weighted by molar-refractivity contribution is -0.135. The standard InChI is InChI=1S/C16H22N2O4/c1-17-15(19)16(20)18-13-6-4-5-12(9-13)10-21-11-14-7-2-3-8-22-14/h4-6,9,14H,2-3,7-8,10-11H2,1H3,(H,17,19)(H,18,20)/t14-/m0/s1. The first kappa shape index (κ1) is 16.5. The van der Waals surface area contributed by atoms with Crippen LogP contribution in [0.2, 0.25) is 0 Å². The third-order valence-electron chi connectivity index (χ3n) is 3.46. The van der Waals surface area contributed by atoms with Gasteiger partial charge in [0.25, 0.3) is 0 Å². The maximum atomic E-state index is 11.5. The quantitative estimate of drug-likeness (QED) is 0.807. The second-order valence-electron chi connectivity index (χ2n) is 5.24. The topological polar surface area (TPSA) is 76.7 Å². The van der Waals surface area contributed by atoms with Crippen molar-refractivity contribution in [3.63, 3.8) is 0 Å². The lowest BCUT2D eigenvalue weighted by Gasteiger charge is -2.22. The average Bonchev–Trinajstić information content (AvgIpc) is 2.55. The molecule has 0 radical (unpaired) electrons. The molecular weight excluding hydrogens is 284 g/mol. The fraction of sp³-hybridized carbons (Fsp3) is 0.500. The van der Waals surface area contributed by atoms with Crippen molar-refractivity contribution in [1.82, 2.24) is 5.32 Å². The maximum absolute atomic E-state index is 11.5. The Kier molecular flexibility index (Phi) is 6.36. The third-order valence-corrected chi connectivity index (χ3v) is 3.46. The first-order chi connectivity index (χ1) is 10.7. The van der Waals surface area contributed by atoms with Gasteiger partial charge in [0.15, 0.2) is 0 Å². The molecule has 1 atom stereocenters. The lowest BCUT2D eigenvalue weighted by atomic mass is 10.1. The highest BCUT2D eigenvalue weighted by Gasteiger charge is 2.14. The van der Waals surface area contributed by atoms with Crippen LogP contribution in [0.5, 0.6) is 0 Å². The molecule has 2 rings (SSSR count). The Hall–Kier alpha value is -1.92. The molecule has 0 saturated carbocycles. The molecule has 1 aromatic carbocycles. The van der Waals surface area contributed by atoms with Gasteiger partial charge >= 0.3 is 11.8 Å². The molecule has 1 aliphatic heterocycles. The molecule has 1 aromatic rings. The zero-order valence-corrected chi connectivity index (χ0v) is 12.8. The van der Waals surface area contributed by atoms with Crippen LogP contribution in [0.1, 0.15) is 24.8 Å². The Labute approximate surface area is 130 Å². The van der Waals surface area contributed by atoms with Crippen molar-refractivity contribution in [2.24, 2.45) is 0 Å². The van der Waals surface area contributed by atoms with Gasteiger partial charge in [0, 0.05) is 19.3 Å². The summed E-state index contributed by atoms with van der Waals surface area (Å²) in [6.45, 7) is 1.84. The first-order valence-electron chi connectivity index (χ1n) is 7.50. The van der Waals surface area contributed by atoms with E-state index in [4.69, 9.17) is 9.47 Å². The van der Waals surface area contributed by atoms with Gasteiger partial charge in [-0.3, -0.25) is 9.59 Å². The molecule has 2 amide bonds. The molecule has 120 valence electrons. The Balaban J connectivity index is 1.80. The van der Waals surface area contributed by atoms with Gasteiger partial charge < -0.3 is 20.1 Å². The Morgan fingerprint density at radius 2 is 2.18 bits per heavy atom. The second kappa shape index (κ2) is 8.51. The number of benzene rings is 1. The number of likely N-dealkylation sites (N-methyl/N-ethyl adjacent to an activating group) is 1.